The molecule has 0 fully saturated rings. The molecule has 0 aliphatic carbocycles. The van der Waals surface area contributed by atoms with E-state index in [0.29, 0.717) is 6.04 Å². The molecule has 0 aromatic carbocycles. The second kappa shape index (κ2) is 8.53. The maximum Gasteiger partial charge on any atom is 0.224 e. The molecule has 0 saturated carbocycles. The van der Waals surface area contributed by atoms with Crippen LogP contribution < -0.4 is 10.6 Å². The Bertz CT molecular complexity index is 197. The van der Waals surface area contributed by atoms with Crippen molar-refractivity contribution in [3.63, 3.8) is 0 Å². The summed E-state index contributed by atoms with van der Waals surface area (Å²) in [6, 6.07) is 0.576. The molecule has 4 heteroatoms. The lowest BCUT2D eigenvalue weighted by Crippen LogP contribution is -2.40. The third kappa shape index (κ3) is 6.08. The van der Waals surface area contributed by atoms with E-state index in [4.69, 9.17) is 0 Å². The monoisotopic (exact) mass is 229 g/mol. The van der Waals surface area contributed by atoms with Gasteiger partial charge in [0.1, 0.15) is 0 Å². The van der Waals surface area contributed by atoms with Gasteiger partial charge in [0.05, 0.1) is 0 Å². The molecular weight excluding hydrogens is 202 g/mol. The maximum absolute atomic E-state index is 11.6. The second-order valence-corrected chi connectivity index (χ2v) is 4.49. The van der Waals surface area contributed by atoms with Gasteiger partial charge in [-0.1, -0.05) is 13.8 Å². The minimum absolute atomic E-state index is 0.0407. The van der Waals surface area contributed by atoms with Crippen LogP contribution in [0.3, 0.4) is 0 Å². The third-order valence-corrected chi connectivity index (χ3v) is 3.06. The molecule has 0 aliphatic heterocycles. The lowest BCUT2D eigenvalue weighted by molar-refractivity contribution is -0.124. The van der Waals surface area contributed by atoms with E-state index in [1.165, 1.54) is 0 Å². The Morgan fingerprint density at radius 2 is 2.00 bits per heavy atom. The van der Waals surface area contributed by atoms with E-state index in [1.807, 2.05) is 14.0 Å². The first-order chi connectivity index (χ1) is 7.52. The van der Waals surface area contributed by atoms with Crippen molar-refractivity contribution in [2.75, 3.05) is 33.7 Å². The van der Waals surface area contributed by atoms with Gasteiger partial charge in [0, 0.05) is 31.6 Å². The van der Waals surface area contributed by atoms with Crippen molar-refractivity contribution in [2.45, 2.75) is 33.2 Å². The number of nitrogens with one attached hydrogen (secondary N) is 2. The number of hydrogen-bond acceptors (Lipinski definition) is 3. The predicted octanol–water partition coefficient (Wildman–Crippen LogP) is 0.688. The van der Waals surface area contributed by atoms with Gasteiger partial charge in [-0.15, -0.1) is 0 Å². The molecular formula is C12H27N3O. The van der Waals surface area contributed by atoms with E-state index in [9.17, 15) is 4.79 Å². The van der Waals surface area contributed by atoms with Gasteiger partial charge in [-0.25, -0.2) is 0 Å². The van der Waals surface area contributed by atoms with Gasteiger partial charge in [-0.2, -0.15) is 0 Å². The van der Waals surface area contributed by atoms with Crippen LogP contribution in [0.1, 0.15) is 27.2 Å². The summed E-state index contributed by atoms with van der Waals surface area (Å²) in [5, 5.41) is 5.96. The molecule has 0 bridgehead atoms. The van der Waals surface area contributed by atoms with Gasteiger partial charge in [0.25, 0.3) is 0 Å². The Morgan fingerprint density at radius 3 is 2.50 bits per heavy atom. The number of carbonyl (C=O) groups is 1. The Labute approximate surface area is 99.8 Å². The number of nitrogens with zero attached hydrogens (tertiary/aromatic N) is 1. The zero-order valence-corrected chi connectivity index (χ0v) is 11.3. The van der Waals surface area contributed by atoms with E-state index in [-0.39, 0.29) is 11.8 Å². The summed E-state index contributed by atoms with van der Waals surface area (Å²) in [4.78, 5) is 13.9. The predicted molar refractivity (Wildman–Crippen MR) is 68.5 cm³/mol. The first-order valence-corrected chi connectivity index (χ1v) is 6.15. The quantitative estimate of drug-likeness (QED) is 0.643. The Kier molecular flexibility index (Phi) is 8.21. The van der Waals surface area contributed by atoms with Crippen molar-refractivity contribution in [1.82, 2.24) is 15.5 Å². The molecule has 2 N–H and O–H groups in total. The molecule has 1 amide bonds. The summed E-state index contributed by atoms with van der Waals surface area (Å²) in [5.41, 5.74) is 0. The van der Waals surface area contributed by atoms with Gasteiger partial charge in [-0.05, 0) is 27.4 Å². The minimum atomic E-state index is 0.0407. The summed E-state index contributed by atoms with van der Waals surface area (Å²) in [7, 11) is 3.96. The van der Waals surface area contributed by atoms with Gasteiger partial charge in [0.2, 0.25) is 5.91 Å². The van der Waals surface area contributed by atoms with Gasteiger partial charge in [-0.3, -0.25) is 4.79 Å². The molecule has 0 aliphatic rings. The topological polar surface area (TPSA) is 44.4 Å². The summed E-state index contributed by atoms with van der Waals surface area (Å²) < 4.78 is 0. The SMILES string of the molecule is CCC(C)N(C)CCNC(=O)C(C)CNC. The Morgan fingerprint density at radius 1 is 1.38 bits per heavy atom. The molecule has 0 saturated heterocycles. The summed E-state index contributed by atoms with van der Waals surface area (Å²) in [6.07, 6.45) is 1.14. The van der Waals surface area contributed by atoms with Crippen molar-refractivity contribution < 1.29 is 4.79 Å². The molecule has 96 valence electrons. The van der Waals surface area contributed by atoms with Crippen LogP contribution in [0.4, 0.5) is 0 Å². The summed E-state index contributed by atoms with van der Waals surface area (Å²) in [6.45, 7) is 8.68. The van der Waals surface area contributed by atoms with Crippen LogP contribution in [0.25, 0.3) is 0 Å². The average Bonchev–Trinajstić information content (AvgIpc) is 2.27. The molecule has 0 aromatic rings. The van der Waals surface area contributed by atoms with Crippen LogP contribution in [0.15, 0.2) is 0 Å². The van der Waals surface area contributed by atoms with Crippen molar-refractivity contribution in [2.24, 2.45) is 5.92 Å². The van der Waals surface area contributed by atoms with Crippen molar-refractivity contribution in [3.8, 4) is 0 Å². The number of hydrogen-bond donors (Lipinski definition) is 2. The van der Waals surface area contributed by atoms with E-state index >= 15 is 0 Å². The van der Waals surface area contributed by atoms with E-state index in [2.05, 4.69) is 36.4 Å². The van der Waals surface area contributed by atoms with Gasteiger partial charge >= 0.3 is 0 Å². The van der Waals surface area contributed by atoms with E-state index in [1.54, 1.807) is 0 Å². The first-order valence-electron chi connectivity index (χ1n) is 6.15. The zero-order valence-electron chi connectivity index (χ0n) is 11.3. The molecule has 16 heavy (non-hydrogen) atoms. The standard InChI is InChI=1S/C12H27N3O/c1-6-11(3)15(5)8-7-14-12(16)10(2)9-13-4/h10-11,13H,6-9H2,1-5H3,(H,14,16). The van der Waals surface area contributed by atoms with Crippen LogP contribution in [-0.4, -0.2) is 50.6 Å². The van der Waals surface area contributed by atoms with E-state index < -0.39 is 0 Å². The molecule has 0 spiro atoms. The number of amides is 1. The Balaban J connectivity index is 3.69. The van der Waals surface area contributed by atoms with Crippen LogP contribution in [0, 0.1) is 5.92 Å². The highest BCUT2D eigenvalue weighted by atomic mass is 16.1. The number of likely N-dealkylation sites (N-methyl/N-ethyl adjacent to an activating group) is 1. The second-order valence-electron chi connectivity index (χ2n) is 4.49. The molecule has 0 aromatic heterocycles. The van der Waals surface area contributed by atoms with Crippen LogP contribution in [-0.2, 0) is 4.79 Å². The highest BCUT2D eigenvalue weighted by Gasteiger charge is 2.11. The maximum atomic E-state index is 11.6. The van der Waals surface area contributed by atoms with Crippen LogP contribution in [0.2, 0.25) is 0 Å². The fraction of sp³-hybridized carbons (Fsp3) is 0.917. The Hall–Kier alpha value is -0.610. The third-order valence-electron chi connectivity index (χ3n) is 3.06. The van der Waals surface area contributed by atoms with E-state index in [0.717, 1.165) is 26.1 Å². The van der Waals surface area contributed by atoms with Gasteiger partial charge in [0.15, 0.2) is 0 Å². The number of rotatable bonds is 8. The smallest absolute Gasteiger partial charge is 0.224 e. The molecule has 0 heterocycles. The fourth-order valence-corrected chi connectivity index (χ4v) is 1.46. The fourth-order valence-electron chi connectivity index (χ4n) is 1.46. The summed E-state index contributed by atoms with van der Waals surface area (Å²) in [5.74, 6) is 0.172. The number of carbonyl (C=O) groups excluding carboxylic acids is 1. The first kappa shape index (κ1) is 15.4. The summed E-state index contributed by atoms with van der Waals surface area (Å²) >= 11 is 0. The van der Waals surface area contributed by atoms with Crippen LogP contribution in [0.5, 0.6) is 0 Å². The van der Waals surface area contributed by atoms with Crippen LogP contribution >= 0.6 is 0 Å². The highest BCUT2D eigenvalue weighted by molar-refractivity contribution is 5.78. The largest absolute Gasteiger partial charge is 0.355 e. The van der Waals surface area contributed by atoms with Crippen molar-refractivity contribution in [3.05, 3.63) is 0 Å². The normalized spacial score (nSPS) is 14.9. The molecule has 2 atom stereocenters. The highest BCUT2D eigenvalue weighted by Crippen LogP contribution is 1.98. The van der Waals surface area contributed by atoms with Crippen molar-refractivity contribution >= 4 is 5.91 Å². The average molecular weight is 229 g/mol. The van der Waals surface area contributed by atoms with Gasteiger partial charge < -0.3 is 15.5 Å². The molecule has 4 nitrogen and oxygen atoms in total. The lowest BCUT2D eigenvalue weighted by atomic mass is 10.1. The molecule has 0 rings (SSSR count). The molecule has 0 radical (unpaired) electrons. The molecule has 2 unspecified atom stereocenters. The lowest BCUT2D eigenvalue weighted by Gasteiger charge is -2.23. The zero-order chi connectivity index (χ0) is 12.6. The minimum Gasteiger partial charge on any atom is -0.355 e. The van der Waals surface area contributed by atoms with Crippen molar-refractivity contribution in [1.29, 1.82) is 0 Å².